The molecule has 0 unspecified atom stereocenters. The van der Waals surface area contributed by atoms with Crippen LogP contribution in [0, 0.1) is 6.92 Å². The fourth-order valence-electron chi connectivity index (χ4n) is 3.82. The van der Waals surface area contributed by atoms with Gasteiger partial charge in [0.05, 0.1) is 6.54 Å². The molecule has 1 fully saturated rings. The molecule has 14 nitrogen and oxygen atoms in total. The van der Waals surface area contributed by atoms with Crippen molar-refractivity contribution in [1.29, 1.82) is 0 Å². The molecule has 0 bridgehead atoms. The highest BCUT2D eigenvalue weighted by Crippen LogP contribution is 2.24. The first-order valence-corrected chi connectivity index (χ1v) is 13.6. The third-order valence-corrected chi connectivity index (χ3v) is 6.27. The highest BCUT2D eigenvalue weighted by atomic mass is 19.4. The summed E-state index contributed by atoms with van der Waals surface area (Å²) in [5.41, 5.74) is 1.65. The first-order valence-electron chi connectivity index (χ1n) is 13.6. The van der Waals surface area contributed by atoms with Gasteiger partial charge in [-0.1, -0.05) is 5.16 Å². The second kappa shape index (κ2) is 16.1. The van der Waals surface area contributed by atoms with Crippen LogP contribution in [0.1, 0.15) is 11.4 Å². The van der Waals surface area contributed by atoms with Crippen molar-refractivity contribution in [2.75, 3.05) is 38.1 Å². The normalized spacial score (nSPS) is 13.7. The van der Waals surface area contributed by atoms with Gasteiger partial charge in [0.25, 0.3) is 5.89 Å². The molecule has 0 saturated carbocycles. The number of carboxylic acids is 2. The van der Waals surface area contributed by atoms with E-state index in [9.17, 15) is 35.1 Å². The number of alkyl halides is 8. The van der Waals surface area contributed by atoms with Gasteiger partial charge >= 0.3 is 30.9 Å². The van der Waals surface area contributed by atoms with Crippen LogP contribution in [0.25, 0.3) is 23.1 Å². The van der Waals surface area contributed by atoms with Crippen LogP contribution in [0.15, 0.2) is 47.1 Å². The monoisotopic (exact) mass is 710 g/mol. The van der Waals surface area contributed by atoms with E-state index in [4.69, 9.17) is 24.3 Å². The summed E-state index contributed by atoms with van der Waals surface area (Å²) in [6.45, 7) is 3.41. The number of nitrogens with zero attached hydrogens (tertiary/aromatic N) is 8. The standard InChI is InChI=1S/C23H24F2N8O2.2C2HF3O2/c1-15-27-21(22-28-20(30-35-22)17-3-5-18(6-4-17)34-23(24)25)29-33(15)14-16-7-8-26-19(13-16)32-11-9-31(2)10-12-32;2*3-2(4,5)1(6)7/h3-8,13,23H,9-12,14H2,1-2H3;2*(H,6,7). The Hall–Kier alpha value is -5.41. The summed E-state index contributed by atoms with van der Waals surface area (Å²) >= 11 is 0. The van der Waals surface area contributed by atoms with Crippen molar-refractivity contribution < 1.29 is 64.2 Å². The SMILES string of the molecule is Cc1nc(-c2nc(-c3ccc(OC(F)F)cc3)no2)nn1Cc1ccnc(N2CCN(C)CC2)c1.O=C(O)C(F)(F)F.O=C(O)C(F)(F)F. The Morgan fingerprint density at radius 2 is 1.49 bits per heavy atom. The molecule has 0 aliphatic carbocycles. The van der Waals surface area contributed by atoms with Crippen LogP contribution >= 0.6 is 0 Å². The first-order chi connectivity index (χ1) is 22.8. The third kappa shape index (κ3) is 11.7. The maximum atomic E-state index is 12.3. The minimum atomic E-state index is -5.08. The molecule has 22 heteroatoms. The molecule has 0 atom stereocenters. The molecule has 1 saturated heterocycles. The molecule has 266 valence electrons. The first kappa shape index (κ1) is 38.0. The quantitative estimate of drug-likeness (QED) is 0.259. The smallest absolute Gasteiger partial charge is 0.475 e. The summed E-state index contributed by atoms with van der Waals surface area (Å²) in [4.78, 5) is 35.8. The fraction of sp³-hybridized carbons (Fsp3) is 0.370. The van der Waals surface area contributed by atoms with E-state index in [1.165, 1.54) is 12.1 Å². The van der Waals surface area contributed by atoms with Crippen molar-refractivity contribution in [2.24, 2.45) is 0 Å². The summed E-state index contributed by atoms with van der Waals surface area (Å²) in [5.74, 6) is -3.03. The van der Waals surface area contributed by atoms with Crippen LogP contribution in [-0.4, -0.2) is 109 Å². The Bertz CT molecular complexity index is 1660. The Kier molecular flexibility index (Phi) is 12.5. The van der Waals surface area contributed by atoms with E-state index in [2.05, 4.69) is 52.9 Å². The molecule has 4 heterocycles. The molecule has 4 aromatic rings. The number of likely N-dealkylation sites (N-methyl/N-ethyl adjacent to an activating group) is 1. The number of hydrogen-bond acceptors (Lipinski definition) is 11. The van der Waals surface area contributed by atoms with Gasteiger partial charge in [0.1, 0.15) is 17.4 Å². The molecule has 0 radical (unpaired) electrons. The average Bonchev–Trinajstić information content (AvgIpc) is 3.65. The van der Waals surface area contributed by atoms with Crippen molar-refractivity contribution in [3.63, 3.8) is 0 Å². The molecule has 1 aliphatic rings. The van der Waals surface area contributed by atoms with Gasteiger partial charge in [-0.2, -0.15) is 40.1 Å². The molecule has 0 spiro atoms. The van der Waals surface area contributed by atoms with Crippen molar-refractivity contribution in [3.8, 4) is 28.9 Å². The predicted octanol–water partition coefficient (Wildman–Crippen LogP) is 4.37. The topological polar surface area (TPSA) is 173 Å². The zero-order chi connectivity index (χ0) is 36.5. The van der Waals surface area contributed by atoms with Crippen LogP contribution in [0.4, 0.5) is 40.9 Å². The number of halogens is 8. The largest absolute Gasteiger partial charge is 0.490 e. The Balaban J connectivity index is 0.000000392. The Labute approximate surface area is 270 Å². The minimum Gasteiger partial charge on any atom is -0.475 e. The molecule has 1 aliphatic heterocycles. The molecule has 0 amide bonds. The summed E-state index contributed by atoms with van der Waals surface area (Å²) in [6, 6.07) is 10.0. The Morgan fingerprint density at radius 3 is 2.02 bits per heavy atom. The van der Waals surface area contributed by atoms with E-state index < -0.39 is 30.9 Å². The molecular formula is C27H26F8N8O6. The number of carbonyl (C=O) groups is 2. The second-order valence-electron chi connectivity index (χ2n) is 9.88. The lowest BCUT2D eigenvalue weighted by Gasteiger charge is -2.33. The lowest BCUT2D eigenvalue weighted by Crippen LogP contribution is -2.44. The van der Waals surface area contributed by atoms with E-state index in [1.807, 2.05) is 19.2 Å². The van der Waals surface area contributed by atoms with E-state index >= 15 is 0 Å². The third-order valence-electron chi connectivity index (χ3n) is 6.27. The fourth-order valence-corrected chi connectivity index (χ4v) is 3.82. The van der Waals surface area contributed by atoms with E-state index in [1.54, 1.807) is 16.8 Å². The van der Waals surface area contributed by atoms with Crippen LogP contribution in [-0.2, 0) is 16.1 Å². The lowest BCUT2D eigenvalue weighted by atomic mass is 10.2. The van der Waals surface area contributed by atoms with Gasteiger partial charge in [-0.15, -0.1) is 5.10 Å². The molecule has 3 aromatic heterocycles. The summed E-state index contributed by atoms with van der Waals surface area (Å²) in [5, 5.41) is 22.8. The molecule has 2 N–H and O–H groups in total. The van der Waals surface area contributed by atoms with Crippen LogP contribution in [0.3, 0.4) is 0 Å². The number of anilines is 1. The number of carboxylic acid groups (broad SMARTS) is 2. The molecule has 49 heavy (non-hydrogen) atoms. The minimum absolute atomic E-state index is 0.0513. The second-order valence-corrected chi connectivity index (χ2v) is 9.88. The highest BCUT2D eigenvalue weighted by molar-refractivity contribution is 5.73. The van der Waals surface area contributed by atoms with Gasteiger partial charge in [0.15, 0.2) is 0 Å². The molecule has 5 rings (SSSR count). The summed E-state index contributed by atoms with van der Waals surface area (Å²) in [6.07, 6.45) is -8.35. The van der Waals surface area contributed by atoms with Gasteiger partial charge in [-0.3, -0.25) is 0 Å². The molecular weight excluding hydrogens is 684 g/mol. The number of ether oxygens (including phenoxy) is 1. The lowest BCUT2D eigenvalue weighted by molar-refractivity contribution is -0.193. The number of aliphatic carboxylic acids is 2. The van der Waals surface area contributed by atoms with Gasteiger partial charge in [-0.05, 0) is 55.9 Å². The van der Waals surface area contributed by atoms with Crippen molar-refractivity contribution >= 4 is 17.8 Å². The summed E-state index contributed by atoms with van der Waals surface area (Å²) < 4.78 is 99.6. The van der Waals surface area contributed by atoms with Gasteiger partial charge in [-0.25, -0.2) is 24.2 Å². The van der Waals surface area contributed by atoms with E-state index in [0.717, 1.165) is 37.6 Å². The van der Waals surface area contributed by atoms with Crippen molar-refractivity contribution in [1.82, 2.24) is 34.8 Å². The zero-order valence-corrected chi connectivity index (χ0v) is 25.3. The van der Waals surface area contributed by atoms with Crippen LogP contribution in [0.5, 0.6) is 5.75 Å². The highest BCUT2D eigenvalue weighted by Gasteiger charge is 2.38. The van der Waals surface area contributed by atoms with Crippen molar-refractivity contribution in [3.05, 3.63) is 54.0 Å². The average molecular weight is 711 g/mol. The van der Waals surface area contributed by atoms with E-state index in [0.29, 0.717) is 29.6 Å². The maximum absolute atomic E-state index is 12.3. The van der Waals surface area contributed by atoms with Crippen LogP contribution in [0.2, 0.25) is 0 Å². The molecule has 1 aromatic carbocycles. The van der Waals surface area contributed by atoms with Gasteiger partial charge in [0.2, 0.25) is 11.6 Å². The van der Waals surface area contributed by atoms with Crippen LogP contribution < -0.4 is 9.64 Å². The van der Waals surface area contributed by atoms with E-state index in [-0.39, 0.29) is 11.6 Å². The van der Waals surface area contributed by atoms with Gasteiger partial charge < -0.3 is 29.3 Å². The number of piperazine rings is 1. The number of benzene rings is 1. The predicted molar refractivity (Wildman–Crippen MR) is 151 cm³/mol. The maximum Gasteiger partial charge on any atom is 0.490 e. The number of pyridine rings is 1. The number of hydrogen-bond donors (Lipinski definition) is 2. The number of aryl methyl sites for hydroxylation is 1. The summed E-state index contributed by atoms with van der Waals surface area (Å²) in [7, 11) is 2.13. The number of aromatic nitrogens is 6. The Morgan fingerprint density at radius 1 is 0.918 bits per heavy atom. The zero-order valence-electron chi connectivity index (χ0n) is 25.3. The van der Waals surface area contributed by atoms with Gasteiger partial charge in [0, 0.05) is 37.9 Å². The number of rotatable bonds is 7. The van der Waals surface area contributed by atoms with Crippen molar-refractivity contribution in [2.45, 2.75) is 32.4 Å².